The van der Waals surface area contributed by atoms with Crippen molar-refractivity contribution in [1.82, 2.24) is 14.5 Å². The van der Waals surface area contributed by atoms with Crippen molar-refractivity contribution in [3.8, 4) is 11.4 Å². The number of ether oxygens (including phenoxy) is 1. The quantitative estimate of drug-likeness (QED) is 0.789. The van der Waals surface area contributed by atoms with E-state index in [4.69, 9.17) is 9.72 Å². The zero-order valence-electron chi connectivity index (χ0n) is 12.1. The van der Waals surface area contributed by atoms with Crippen LogP contribution in [0.5, 0.6) is 5.75 Å². The molecule has 2 aromatic heterocycles. The van der Waals surface area contributed by atoms with Crippen LogP contribution in [0, 0.1) is 0 Å². The molecule has 1 fully saturated rings. The average Bonchev–Trinajstić information content (AvgIpc) is 2.95. The molecule has 22 heavy (non-hydrogen) atoms. The molecule has 0 aliphatic carbocycles. The second kappa shape index (κ2) is 5.42. The van der Waals surface area contributed by atoms with Gasteiger partial charge < -0.3 is 9.84 Å². The molecule has 3 aromatic rings. The van der Waals surface area contributed by atoms with Crippen LogP contribution in [-0.2, 0) is 4.74 Å². The number of hydrogen-bond acceptors (Lipinski definition) is 4. The van der Waals surface area contributed by atoms with Crippen LogP contribution >= 0.6 is 0 Å². The monoisotopic (exact) mass is 295 g/mol. The number of phenolic OH excluding ortho intramolecular Hbond substituents is 1. The smallest absolute Gasteiger partial charge is 0.164 e. The van der Waals surface area contributed by atoms with Crippen molar-refractivity contribution in [3.63, 3.8) is 0 Å². The summed E-state index contributed by atoms with van der Waals surface area (Å²) in [6.07, 6.45) is 3.82. The van der Waals surface area contributed by atoms with Gasteiger partial charge in [-0.15, -0.1) is 0 Å². The van der Waals surface area contributed by atoms with E-state index in [1.165, 1.54) is 0 Å². The van der Waals surface area contributed by atoms with Gasteiger partial charge in [0.05, 0.1) is 12.3 Å². The van der Waals surface area contributed by atoms with Crippen molar-refractivity contribution >= 4 is 11.2 Å². The van der Waals surface area contributed by atoms with Crippen LogP contribution in [0.1, 0.15) is 24.6 Å². The fraction of sp³-hybridized carbons (Fsp3) is 0.294. The van der Waals surface area contributed by atoms with Crippen molar-refractivity contribution in [3.05, 3.63) is 48.4 Å². The SMILES string of the molecule is Oc1ccccc1-n1c(C2CCCOC2)nc2cccnc21. The van der Waals surface area contributed by atoms with E-state index in [0.717, 1.165) is 36.4 Å². The van der Waals surface area contributed by atoms with Gasteiger partial charge in [-0.3, -0.25) is 4.57 Å². The Morgan fingerprint density at radius 1 is 1.18 bits per heavy atom. The van der Waals surface area contributed by atoms with Gasteiger partial charge in [0.25, 0.3) is 0 Å². The van der Waals surface area contributed by atoms with Crippen LogP contribution in [0.3, 0.4) is 0 Å². The minimum atomic E-state index is 0.225. The summed E-state index contributed by atoms with van der Waals surface area (Å²) < 4.78 is 7.58. The first-order valence-electron chi connectivity index (χ1n) is 7.54. The largest absolute Gasteiger partial charge is 0.506 e. The molecule has 0 radical (unpaired) electrons. The minimum Gasteiger partial charge on any atom is -0.506 e. The van der Waals surface area contributed by atoms with Gasteiger partial charge in [-0.1, -0.05) is 12.1 Å². The summed E-state index contributed by atoms with van der Waals surface area (Å²) in [5.74, 6) is 1.36. The van der Waals surface area contributed by atoms with E-state index >= 15 is 0 Å². The lowest BCUT2D eigenvalue weighted by molar-refractivity contribution is 0.0777. The molecule has 0 amide bonds. The maximum absolute atomic E-state index is 10.3. The van der Waals surface area contributed by atoms with Gasteiger partial charge in [0.2, 0.25) is 0 Å². The van der Waals surface area contributed by atoms with Crippen molar-refractivity contribution < 1.29 is 9.84 Å². The summed E-state index contributed by atoms with van der Waals surface area (Å²) >= 11 is 0. The summed E-state index contributed by atoms with van der Waals surface area (Å²) in [5, 5.41) is 10.3. The van der Waals surface area contributed by atoms with E-state index < -0.39 is 0 Å². The highest BCUT2D eigenvalue weighted by Crippen LogP contribution is 2.32. The van der Waals surface area contributed by atoms with Crippen LogP contribution in [0.4, 0.5) is 0 Å². The highest BCUT2D eigenvalue weighted by molar-refractivity contribution is 5.75. The lowest BCUT2D eigenvalue weighted by Gasteiger charge is -2.22. The molecule has 0 bridgehead atoms. The average molecular weight is 295 g/mol. The molecule has 1 unspecified atom stereocenters. The number of pyridine rings is 1. The fourth-order valence-corrected chi connectivity index (χ4v) is 3.04. The molecule has 0 saturated carbocycles. The van der Waals surface area contributed by atoms with Gasteiger partial charge in [0.1, 0.15) is 17.1 Å². The minimum absolute atomic E-state index is 0.225. The Bertz CT molecular complexity index is 807. The van der Waals surface area contributed by atoms with Crippen molar-refractivity contribution in [2.45, 2.75) is 18.8 Å². The Morgan fingerprint density at radius 2 is 2.09 bits per heavy atom. The zero-order chi connectivity index (χ0) is 14.9. The lowest BCUT2D eigenvalue weighted by Crippen LogP contribution is -2.19. The van der Waals surface area contributed by atoms with E-state index in [1.807, 2.05) is 34.9 Å². The first-order chi connectivity index (χ1) is 10.8. The van der Waals surface area contributed by atoms with Crippen LogP contribution < -0.4 is 0 Å². The van der Waals surface area contributed by atoms with Gasteiger partial charge in [0.15, 0.2) is 5.65 Å². The molecule has 4 rings (SSSR count). The second-order valence-electron chi connectivity index (χ2n) is 5.55. The third-order valence-corrected chi connectivity index (χ3v) is 4.09. The normalized spacial score (nSPS) is 18.6. The molecule has 3 heterocycles. The number of fused-ring (bicyclic) bond motifs is 1. The standard InChI is InChI=1S/C17H17N3O2/c21-15-8-2-1-7-14(15)20-16(12-5-4-10-22-11-12)19-13-6-3-9-18-17(13)20/h1-3,6-9,12,21H,4-5,10-11H2. The van der Waals surface area contributed by atoms with E-state index in [1.54, 1.807) is 12.3 Å². The first-order valence-corrected chi connectivity index (χ1v) is 7.54. The molecule has 1 aromatic carbocycles. The van der Waals surface area contributed by atoms with E-state index in [2.05, 4.69) is 4.98 Å². The fourth-order valence-electron chi connectivity index (χ4n) is 3.04. The topological polar surface area (TPSA) is 60.2 Å². The number of phenols is 1. The van der Waals surface area contributed by atoms with Crippen LogP contribution in [0.25, 0.3) is 16.9 Å². The van der Waals surface area contributed by atoms with Gasteiger partial charge in [-0.2, -0.15) is 0 Å². The summed E-state index contributed by atoms with van der Waals surface area (Å²) in [5.41, 5.74) is 2.32. The summed E-state index contributed by atoms with van der Waals surface area (Å²) in [4.78, 5) is 9.23. The molecular weight excluding hydrogens is 278 g/mol. The number of benzene rings is 1. The molecular formula is C17H17N3O2. The Balaban J connectivity index is 1.96. The lowest BCUT2D eigenvalue weighted by atomic mass is 10.0. The number of imidazole rings is 1. The number of para-hydroxylation sites is 2. The highest BCUT2D eigenvalue weighted by atomic mass is 16.5. The maximum Gasteiger partial charge on any atom is 0.164 e. The Morgan fingerprint density at radius 3 is 2.91 bits per heavy atom. The predicted molar refractivity (Wildman–Crippen MR) is 83.3 cm³/mol. The molecule has 5 heteroatoms. The number of hydrogen-bond donors (Lipinski definition) is 1. The Kier molecular flexibility index (Phi) is 3.27. The molecule has 5 nitrogen and oxygen atoms in total. The molecule has 1 aliphatic rings. The molecule has 1 atom stereocenters. The number of aromatic hydroxyl groups is 1. The van der Waals surface area contributed by atoms with Gasteiger partial charge in [-0.25, -0.2) is 9.97 Å². The highest BCUT2D eigenvalue weighted by Gasteiger charge is 2.25. The zero-order valence-corrected chi connectivity index (χ0v) is 12.1. The molecule has 1 N–H and O–H groups in total. The van der Waals surface area contributed by atoms with Crippen molar-refractivity contribution in [2.24, 2.45) is 0 Å². The summed E-state index contributed by atoms with van der Waals surface area (Å²) in [7, 11) is 0. The van der Waals surface area contributed by atoms with Gasteiger partial charge in [-0.05, 0) is 37.1 Å². The Hall–Kier alpha value is -2.40. The van der Waals surface area contributed by atoms with Crippen LogP contribution in [0.15, 0.2) is 42.6 Å². The number of aromatic nitrogens is 3. The molecule has 0 spiro atoms. The maximum atomic E-state index is 10.3. The number of nitrogens with zero attached hydrogens (tertiary/aromatic N) is 3. The molecule has 1 saturated heterocycles. The third kappa shape index (κ3) is 2.14. The summed E-state index contributed by atoms with van der Waals surface area (Å²) in [6.45, 7) is 1.47. The van der Waals surface area contributed by atoms with E-state index in [0.29, 0.717) is 12.3 Å². The van der Waals surface area contributed by atoms with E-state index in [-0.39, 0.29) is 11.7 Å². The van der Waals surface area contributed by atoms with Crippen molar-refractivity contribution in [1.29, 1.82) is 0 Å². The first kappa shape index (κ1) is 13.3. The van der Waals surface area contributed by atoms with E-state index in [9.17, 15) is 5.11 Å². The molecule has 1 aliphatic heterocycles. The second-order valence-corrected chi connectivity index (χ2v) is 5.55. The summed E-state index contributed by atoms with van der Waals surface area (Å²) in [6, 6.07) is 11.1. The predicted octanol–water partition coefficient (Wildman–Crippen LogP) is 3.02. The van der Waals surface area contributed by atoms with Crippen molar-refractivity contribution in [2.75, 3.05) is 13.2 Å². The Labute approximate surface area is 128 Å². The number of rotatable bonds is 2. The van der Waals surface area contributed by atoms with Gasteiger partial charge >= 0.3 is 0 Å². The van der Waals surface area contributed by atoms with Gasteiger partial charge in [0, 0.05) is 18.7 Å². The van der Waals surface area contributed by atoms with Crippen LogP contribution in [-0.4, -0.2) is 32.9 Å². The molecule has 112 valence electrons. The van der Waals surface area contributed by atoms with Crippen LogP contribution in [0.2, 0.25) is 0 Å². The third-order valence-electron chi connectivity index (χ3n) is 4.09.